The van der Waals surface area contributed by atoms with E-state index in [-0.39, 0.29) is 6.42 Å². The Hall–Kier alpha value is -1.16. The van der Waals surface area contributed by atoms with Crippen molar-refractivity contribution >= 4 is 11.8 Å². The van der Waals surface area contributed by atoms with E-state index in [9.17, 15) is 14.7 Å². The molecule has 0 aromatic heterocycles. The summed E-state index contributed by atoms with van der Waals surface area (Å²) in [6.45, 7) is 5.50. The number of hydrogen-bond donors (Lipinski definition) is 2. The molecule has 0 rings (SSSR count). The van der Waals surface area contributed by atoms with E-state index in [1.807, 2.05) is 0 Å². The molecule has 0 radical (unpaired) electrons. The van der Waals surface area contributed by atoms with Crippen molar-refractivity contribution in [2.24, 2.45) is 0 Å². The quantitative estimate of drug-likeness (QED) is 0.195. The highest BCUT2D eigenvalue weighted by Crippen LogP contribution is 2.19. The third-order valence-electron chi connectivity index (χ3n) is 4.84. The third kappa shape index (κ3) is 11.1. The van der Waals surface area contributed by atoms with Gasteiger partial charge >= 0.3 is 5.97 Å². The van der Waals surface area contributed by atoms with Gasteiger partial charge in [-0.1, -0.05) is 97.0 Å². The fraction of sp³-hybridized carbons (Fsp3) is 0.810. The second-order valence-corrected chi connectivity index (χ2v) is 7.08. The minimum Gasteiger partial charge on any atom is -0.479 e. The predicted octanol–water partition coefficient (Wildman–Crippen LogP) is 5.43. The van der Waals surface area contributed by atoms with Crippen molar-refractivity contribution in [3.8, 4) is 0 Å². The summed E-state index contributed by atoms with van der Waals surface area (Å²) in [6, 6.07) is 0. The van der Waals surface area contributed by atoms with E-state index in [1.165, 1.54) is 64.2 Å². The van der Waals surface area contributed by atoms with Gasteiger partial charge in [0.1, 0.15) is 0 Å². The van der Waals surface area contributed by atoms with E-state index in [4.69, 9.17) is 5.11 Å². The second-order valence-electron chi connectivity index (χ2n) is 7.08. The van der Waals surface area contributed by atoms with Crippen LogP contribution in [0.3, 0.4) is 0 Å². The molecule has 146 valence electrons. The van der Waals surface area contributed by atoms with E-state index in [1.54, 1.807) is 0 Å². The molecule has 0 saturated heterocycles. The second kappa shape index (κ2) is 15.1. The van der Waals surface area contributed by atoms with Crippen LogP contribution in [-0.2, 0) is 9.59 Å². The predicted molar refractivity (Wildman–Crippen MR) is 103 cm³/mol. The van der Waals surface area contributed by atoms with Crippen molar-refractivity contribution in [1.29, 1.82) is 0 Å². The number of unbranched alkanes of at least 4 members (excludes halogenated alkanes) is 13. The molecule has 0 aromatic carbocycles. The maximum atomic E-state index is 11.5. The summed E-state index contributed by atoms with van der Waals surface area (Å²) >= 11 is 0. The standard InChI is InChI=1S/C21H38O4/c1-3-5-6-7-8-9-10-11-12-13-14-15-16-17-18-21(25,20(23)24)19(22)4-2/h4,25H,2-3,5-18H2,1H3,(H,23,24). The van der Waals surface area contributed by atoms with Gasteiger partial charge in [0.2, 0.25) is 5.60 Å². The topological polar surface area (TPSA) is 74.6 Å². The molecule has 0 aliphatic rings. The SMILES string of the molecule is C=CC(=O)C(O)(CCCCCCCCCCCCCCCC)C(=O)O. The summed E-state index contributed by atoms with van der Waals surface area (Å²) in [5.74, 6) is -2.30. The Bertz CT molecular complexity index is 378. The zero-order chi connectivity index (χ0) is 19.0. The van der Waals surface area contributed by atoms with Gasteiger partial charge < -0.3 is 10.2 Å². The van der Waals surface area contributed by atoms with Crippen LogP contribution in [0.15, 0.2) is 12.7 Å². The smallest absolute Gasteiger partial charge is 0.343 e. The molecule has 0 aliphatic heterocycles. The zero-order valence-electron chi connectivity index (χ0n) is 16.1. The molecular weight excluding hydrogens is 316 g/mol. The van der Waals surface area contributed by atoms with Gasteiger partial charge in [0, 0.05) is 0 Å². The average molecular weight is 355 g/mol. The number of carboxylic acid groups (broad SMARTS) is 1. The van der Waals surface area contributed by atoms with Crippen LogP contribution in [0.25, 0.3) is 0 Å². The van der Waals surface area contributed by atoms with Crippen molar-refractivity contribution in [1.82, 2.24) is 0 Å². The largest absolute Gasteiger partial charge is 0.479 e. The Labute approximate surface area is 153 Å². The molecular formula is C21H38O4. The van der Waals surface area contributed by atoms with Crippen molar-refractivity contribution in [3.63, 3.8) is 0 Å². The molecule has 4 nitrogen and oxygen atoms in total. The first-order valence-electron chi connectivity index (χ1n) is 10.1. The molecule has 0 saturated carbocycles. The van der Waals surface area contributed by atoms with Gasteiger partial charge in [0.05, 0.1) is 0 Å². The number of hydrogen-bond acceptors (Lipinski definition) is 3. The highest BCUT2D eigenvalue weighted by Gasteiger charge is 2.41. The molecule has 0 bridgehead atoms. The van der Waals surface area contributed by atoms with Crippen LogP contribution < -0.4 is 0 Å². The van der Waals surface area contributed by atoms with Crippen molar-refractivity contribution in [2.75, 3.05) is 0 Å². The first-order valence-corrected chi connectivity index (χ1v) is 10.1. The molecule has 0 aliphatic carbocycles. The minimum absolute atomic E-state index is 0.0365. The number of carboxylic acids is 1. The monoisotopic (exact) mass is 354 g/mol. The first-order chi connectivity index (χ1) is 12.0. The van der Waals surface area contributed by atoms with Crippen LogP contribution >= 0.6 is 0 Å². The zero-order valence-corrected chi connectivity index (χ0v) is 16.1. The molecule has 1 atom stereocenters. The van der Waals surface area contributed by atoms with Gasteiger partial charge in [-0.3, -0.25) is 4.79 Å². The number of carbonyl (C=O) groups excluding carboxylic acids is 1. The summed E-state index contributed by atoms with van der Waals surface area (Å²) in [5, 5.41) is 18.9. The van der Waals surface area contributed by atoms with E-state index >= 15 is 0 Å². The van der Waals surface area contributed by atoms with E-state index in [0.717, 1.165) is 25.3 Å². The summed E-state index contributed by atoms with van der Waals surface area (Å²) in [7, 11) is 0. The molecule has 0 heterocycles. The lowest BCUT2D eigenvalue weighted by Gasteiger charge is -2.19. The lowest BCUT2D eigenvalue weighted by atomic mass is 9.91. The Morgan fingerprint density at radius 3 is 1.48 bits per heavy atom. The molecule has 25 heavy (non-hydrogen) atoms. The van der Waals surface area contributed by atoms with Crippen LogP contribution in [0.1, 0.15) is 103 Å². The van der Waals surface area contributed by atoms with Gasteiger partial charge in [0.25, 0.3) is 0 Å². The number of aliphatic carboxylic acids is 1. The normalized spacial score (nSPS) is 13.4. The van der Waals surface area contributed by atoms with Gasteiger partial charge in [-0.15, -0.1) is 0 Å². The van der Waals surface area contributed by atoms with Crippen molar-refractivity contribution in [2.45, 2.75) is 109 Å². The highest BCUT2D eigenvalue weighted by molar-refractivity contribution is 6.11. The van der Waals surface area contributed by atoms with Crippen LogP contribution in [-0.4, -0.2) is 27.6 Å². The highest BCUT2D eigenvalue weighted by atomic mass is 16.4. The Morgan fingerprint density at radius 2 is 1.16 bits per heavy atom. The van der Waals surface area contributed by atoms with Gasteiger partial charge in [-0.25, -0.2) is 4.79 Å². The van der Waals surface area contributed by atoms with Crippen LogP contribution in [0.4, 0.5) is 0 Å². The molecule has 0 fully saturated rings. The Kier molecular flexibility index (Phi) is 14.4. The van der Waals surface area contributed by atoms with E-state index < -0.39 is 17.4 Å². The fourth-order valence-electron chi connectivity index (χ4n) is 3.08. The number of ketones is 1. The van der Waals surface area contributed by atoms with Crippen molar-refractivity contribution < 1.29 is 19.8 Å². The first kappa shape index (κ1) is 23.8. The van der Waals surface area contributed by atoms with E-state index in [2.05, 4.69) is 13.5 Å². The lowest BCUT2D eigenvalue weighted by molar-refractivity contribution is -0.164. The van der Waals surface area contributed by atoms with Gasteiger partial charge in [-0.05, 0) is 18.9 Å². The summed E-state index contributed by atoms with van der Waals surface area (Å²) in [6.07, 6.45) is 17.7. The van der Waals surface area contributed by atoms with Crippen LogP contribution in [0.5, 0.6) is 0 Å². The molecule has 2 N–H and O–H groups in total. The molecule has 0 aromatic rings. The summed E-state index contributed by atoms with van der Waals surface area (Å²) in [5.41, 5.74) is -2.29. The number of carbonyl (C=O) groups is 2. The summed E-state index contributed by atoms with van der Waals surface area (Å²) in [4.78, 5) is 22.6. The Morgan fingerprint density at radius 1 is 0.800 bits per heavy atom. The number of rotatable bonds is 18. The maximum Gasteiger partial charge on any atom is 0.343 e. The summed E-state index contributed by atoms with van der Waals surface area (Å²) < 4.78 is 0. The van der Waals surface area contributed by atoms with Crippen LogP contribution in [0, 0.1) is 0 Å². The Balaban J connectivity index is 3.51. The average Bonchev–Trinajstić information content (AvgIpc) is 2.60. The molecule has 0 spiro atoms. The number of aliphatic hydroxyl groups is 1. The molecule has 4 heteroatoms. The van der Waals surface area contributed by atoms with Crippen LogP contribution in [0.2, 0.25) is 0 Å². The van der Waals surface area contributed by atoms with E-state index in [0.29, 0.717) is 6.42 Å². The third-order valence-corrected chi connectivity index (χ3v) is 4.84. The van der Waals surface area contributed by atoms with Gasteiger partial charge in [0.15, 0.2) is 5.78 Å². The fourth-order valence-corrected chi connectivity index (χ4v) is 3.08. The minimum atomic E-state index is -2.29. The van der Waals surface area contributed by atoms with Gasteiger partial charge in [-0.2, -0.15) is 0 Å². The molecule has 0 amide bonds. The van der Waals surface area contributed by atoms with Crippen molar-refractivity contribution in [3.05, 3.63) is 12.7 Å². The maximum absolute atomic E-state index is 11.5. The molecule has 1 unspecified atom stereocenters. The lowest BCUT2D eigenvalue weighted by Crippen LogP contribution is -2.45.